The predicted octanol–water partition coefficient (Wildman–Crippen LogP) is 4.71. The summed E-state index contributed by atoms with van der Waals surface area (Å²) in [6.45, 7) is 3.92. The lowest BCUT2D eigenvalue weighted by molar-refractivity contribution is -0.122. The van der Waals surface area contributed by atoms with Crippen molar-refractivity contribution in [3.8, 4) is 0 Å². The molecule has 30 heavy (non-hydrogen) atoms. The van der Waals surface area contributed by atoms with E-state index in [1.54, 1.807) is 36.4 Å². The van der Waals surface area contributed by atoms with E-state index in [0.29, 0.717) is 16.5 Å². The zero-order chi connectivity index (χ0) is 21.3. The van der Waals surface area contributed by atoms with Crippen LogP contribution in [-0.2, 0) is 9.59 Å². The third-order valence-corrected chi connectivity index (χ3v) is 5.45. The number of imide groups is 2. The number of anilines is 1. The van der Waals surface area contributed by atoms with Crippen LogP contribution in [0.2, 0.25) is 0 Å². The molecule has 4 rings (SSSR count). The second-order valence-corrected chi connectivity index (χ2v) is 7.94. The molecule has 150 valence electrons. The molecular weight excluding hydrogens is 400 g/mol. The van der Waals surface area contributed by atoms with Crippen molar-refractivity contribution in [2.75, 3.05) is 4.90 Å². The Hall–Kier alpha value is -3.58. The van der Waals surface area contributed by atoms with Crippen LogP contribution in [-0.4, -0.2) is 17.8 Å². The van der Waals surface area contributed by atoms with E-state index in [-0.39, 0.29) is 5.57 Å². The Morgan fingerprint density at radius 1 is 0.867 bits per heavy atom. The van der Waals surface area contributed by atoms with Gasteiger partial charge < -0.3 is 4.42 Å². The number of hydrogen-bond acceptors (Lipinski definition) is 5. The lowest BCUT2D eigenvalue weighted by atomic mass is 10.1. The number of barbiturate groups is 1. The largest absolute Gasteiger partial charge is 0.450 e. The normalized spacial score (nSPS) is 15.6. The van der Waals surface area contributed by atoms with Crippen molar-refractivity contribution in [3.63, 3.8) is 0 Å². The second kappa shape index (κ2) is 8.04. The van der Waals surface area contributed by atoms with E-state index in [2.05, 4.69) is 5.32 Å². The van der Waals surface area contributed by atoms with Crippen LogP contribution in [0.25, 0.3) is 6.08 Å². The fourth-order valence-corrected chi connectivity index (χ4v) is 3.70. The van der Waals surface area contributed by atoms with E-state index in [9.17, 15) is 14.4 Å². The van der Waals surface area contributed by atoms with Crippen LogP contribution in [0.5, 0.6) is 0 Å². The molecule has 2 aromatic carbocycles. The number of amides is 4. The van der Waals surface area contributed by atoms with Gasteiger partial charge in [-0.15, -0.1) is 0 Å². The summed E-state index contributed by atoms with van der Waals surface area (Å²) in [7, 11) is 0. The summed E-state index contributed by atoms with van der Waals surface area (Å²) in [5.41, 5.74) is 2.37. The Balaban J connectivity index is 1.59. The number of benzene rings is 2. The van der Waals surface area contributed by atoms with Gasteiger partial charge in [0.15, 0.2) is 5.09 Å². The molecule has 1 fully saturated rings. The molecule has 1 N–H and O–H groups in total. The van der Waals surface area contributed by atoms with Crippen molar-refractivity contribution < 1.29 is 18.8 Å². The number of carbonyl (C=O) groups is 3. The van der Waals surface area contributed by atoms with Crippen LogP contribution in [0.3, 0.4) is 0 Å². The molecule has 4 amide bonds. The molecule has 0 spiro atoms. The van der Waals surface area contributed by atoms with Gasteiger partial charge in [0.25, 0.3) is 11.8 Å². The molecule has 3 aromatic rings. The van der Waals surface area contributed by atoms with Gasteiger partial charge in [-0.05, 0) is 56.3 Å². The number of urea groups is 1. The van der Waals surface area contributed by atoms with Gasteiger partial charge in [-0.25, -0.2) is 9.69 Å². The molecule has 7 heteroatoms. The molecule has 0 unspecified atom stereocenters. The van der Waals surface area contributed by atoms with E-state index in [1.165, 1.54) is 23.4 Å². The van der Waals surface area contributed by atoms with Crippen LogP contribution in [0.4, 0.5) is 10.5 Å². The van der Waals surface area contributed by atoms with E-state index in [0.717, 1.165) is 15.4 Å². The van der Waals surface area contributed by atoms with Crippen molar-refractivity contribution in [3.05, 3.63) is 83.1 Å². The Morgan fingerprint density at radius 2 is 1.50 bits per heavy atom. The standard InChI is InChI=1S/C23H18N2O4S/c1-14-3-7-16(8-4-14)25-22(27)19(21(26)24-23(25)28)13-17-9-12-20(29-17)30-18-10-5-15(2)6-11-18/h3-13H,1-2H3,(H,24,26,28)/b19-13-. The molecule has 0 radical (unpaired) electrons. The molecule has 0 bridgehead atoms. The maximum absolute atomic E-state index is 12.9. The van der Waals surface area contributed by atoms with Crippen molar-refractivity contribution in [1.29, 1.82) is 0 Å². The average molecular weight is 418 g/mol. The summed E-state index contributed by atoms with van der Waals surface area (Å²) in [5, 5.41) is 2.83. The summed E-state index contributed by atoms with van der Waals surface area (Å²) >= 11 is 1.43. The number of nitrogens with zero attached hydrogens (tertiary/aromatic N) is 1. The first-order valence-corrected chi connectivity index (χ1v) is 10.0. The molecule has 0 aliphatic carbocycles. The molecule has 0 saturated carbocycles. The van der Waals surface area contributed by atoms with Crippen LogP contribution in [0, 0.1) is 13.8 Å². The van der Waals surface area contributed by atoms with E-state index < -0.39 is 17.8 Å². The van der Waals surface area contributed by atoms with E-state index >= 15 is 0 Å². The second-order valence-electron chi connectivity index (χ2n) is 6.87. The molecular formula is C23H18N2O4S. The number of rotatable bonds is 4. The van der Waals surface area contributed by atoms with Crippen LogP contribution < -0.4 is 10.2 Å². The maximum Gasteiger partial charge on any atom is 0.335 e. The fraction of sp³-hybridized carbons (Fsp3) is 0.0870. The van der Waals surface area contributed by atoms with Crippen molar-refractivity contribution in [2.24, 2.45) is 0 Å². The van der Waals surface area contributed by atoms with Crippen molar-refractivity contribution in [2.45, 2.75) is 23.8 Å². The Morgan fingerprint density at radius 3 is 2.17 bits per heavy atom. The molecule has 6 nitrogen and oxygen atoms in total. The molecule has 2 heterocycles. The van der Waals surface area contributed by atoms with Crippen LogP contribution in [0.1, 0.15) is 16.9 Å². The van der Waals surface area contributed by atoms with Crippen molar-refractivity contribution >= 4 is 41.4 Å². The Labute approximate surface area is 177 Å². The monoisotopic (exact) mass is 418 g/mol. The topological polar surface area (TPSA) is 79.6 Å². The van der Waals surface area contributed by atoms with E-state index in [1.807, 2.05) is 38.1 Å². The highest BCUT2D eigenvalue weighted by atomic mass is 32.2. The minimum atomic E-state index is -0.777. The number of furan rings is 1. The first-order chi connectivity index (χ1) is 14.4. The Bertz CT molecular complexity index is 1160. The average Bonchev–Trinajstić information content (AvgIpc) is 3.15. The number of hydrogen-bond donors (Lipinski definition) is 1. The molecule has 1 aromatic heterocycles. The molecule has 1 saturated heterocycles. The maximum atomic E-state index is 12.9. The fourth-order valence-electron chi connectivity index (χ4n) is 2.92. The number of nitrogens with one attached hydrogen (secondary N) is 1. The van der Waals surface area contributed by atoms with Crippen LogP contribution >= 0.6 is 11.8 Å². The summed E-state index contributed by atoms with van der Waals surface area (Å²) in [6.07, 6.45) is 1.35. The highest BCUT2D eigenvalue weighted by Crippen LogP contribution is 2.30. The summed E-state index contributed by atoms with van der Waals surface area (Å²) < 4.78 is 5.75. The smallest absolute Gasteiger partial charge is 0.335 e. The lowest BCUT2D eigenvalue weighted by Gasteiger charge is -2.26. The molecule has 1 aliphatic rings. The highest BCUT2D eigenvalue weighted by molar-refractivity contribution is 7.99. The van der Waals surface area contributed by atoms with Gasteiger partial charge in [0.2, 0.25) is 0 Å². The SMILES string of the molecule is Cc1ccc(Sc2ccc(/C=C3/C(=O)NC(=O)N(c4ccc(C)cc4)C3=O)o2)cc1. The van der Waals surface area contributed by atoms with Gasteiger partial charge in [-0.1, -0.05) is 47.2 Å². The van der Waals surface area contributed by atoms with Crippen LogP contribution in [0.15, 0.2) is 80.6 Å². The van der Waals surface area contributed by atoms with Gasteiger partial charge in [0, 0.05) is 4.90 Å². The third-order valence-electron chi connectivity index (χ3n) is 4.52. The summed E-state index contributed by atoms with van der Waals surface area (Å²) in [5.74, 6) is -1.10. The van der Waals surface area contributed by atoms with Crippen molar-refractivity contribution in [1.82, 2.24) is 5.32 Å². The van der Waals surface area contributed by atoms with Gasteiger partial charge in [0.05, 0.1) is 5.69 Å². The zero-order valence-corrected chi connectivity index (χ0v) is 17.2. The summed E-state index contributed by atoms with van der Waals surface area (Å²) in [4.78, 5) is 39.4. The molecule has 0 atom stereocenters. The first kappa shape index (κ1) is 19.7. The minimum absolute atomic E-state index is 0.170. The minimum Gasteiger partial charge on any atom is -0.450 e. The third kappa shape index (κ3) is 4.06. The number of carbonyl (C=O) groups excluding carboxylic acids is 3. The van der Waals surface area contributed by atoms with Gasteiger partial charge >= 0.3 is 6.03 Å². The van der Waals surface area contributed by atoms with Gasteiger partial charge in [-0.2, -0.15) is 0 Å². The zero-order valence-electron chi connectivity index (χ0n) is 16.3. The molecule has 1 aliphatic heterocycles. The van der Waals surface area contributed by atoms with E-state index in [4.69, 9.17) is 4.42 Å². The first-order valence-electron chi connectivity index (χ1n) is 9.23. The summed E-state index contributed by atoms with van der Waals surface area (Å²) in [6, 6.07) is 17.6. The highest BCUT2D eigenvalue weighted by Gasteiger charge is 2.37. The predicted molar refractivity (Wildman–Crippen MR) is 114 cm³/mol. The Kier molecular flexibility index (Phi) is 5.29. The lowest BCUT2D eigenvalue weighted by Crippen LogP contribution is -2.54. The van der Waals surface area contributed by atoms with Gasteiger partial charge in [-0.3, -0.25) is 14.9 Å². The van der Waals surface area contributed by atoms with Gasteiger partial charge in [0.1, 0.15) is 11.3 Å². The quantitative estimate of drug-likeness (QED) is 0.490. The number of aryl methyl sites for hydroxylation is 2.